The lowest BCUT2D eigenvalue weighted by Gasteiger charge is -2.12. The molecular weight excluding hydrogens is 555 g/mol. The molecule has 11 heteroatoms. The Morgan fingerprint density at radius 1 is 1.10 bits per heavy atom. The summed E-state index contributed by atoms with van der Waals surface area (Å²) >= 11 is 6.19. The van der Waals surface area contributed by atoms with E-state index in [0.29, 0.717) is 44.3 Å². The molecule has 5 aromatic rings. The minimum absolute atomic E-state index is 0.121. The number of ether oxygens (including phenoxy) is 1. The van der Waals surface area contributed by atoms with Crippen molar-refractivity contribution < 1.29 is 35.1 Å². The van der Waals surface area contributed by atoms with Crippen LogP contribution in [0, 0.1) is 5.82 Å². The Morgan fingerprint density at radius 2 is 2.05 bits per heavy atom. The Kier molecular flexibility index (Phi) is 6.34. The van der Waals surface area contributed by atoms with Gasteiger partial charge >= 0.3 is 0 Å². The first-order valence-electron chi connectivity index (χ1n) is 16.0. The lowest BCUT2D eigenvalue weighted by Crippen LogP contribution is -2.16. The van der Waals surface area contributed by atoms with E-state index in [2.05, 4.69) is 24.5 Å². The van der Waals surface area contributed by atoms with Crippen molar-refractivity contribution >= 4 is 46.1 Å². The molecule has 2 heterocycles. The summed E-state index contributed by atoms with van der Waals surface area (Å²) < 4.78 is 98.8. The Hall–Kier alpha value is -3.67. The third-order valence-corrected chi connectivity index (χ3v) is 6.03. The van der Waals surface area contributed by atoms with Crippen LogP contribution in [0.1, 0.15) is 23.7 Å². The summed E-state index contributed by atoms with van der Waals surface area (Å²) in [5.41, 5.74) is -0.718. The van der Waals surface area contributed by atoms with E-state index in [-0.39, 0.29) is 36.0 Å². The van der Waals surface area contributed by atoms with Crippen LogP contribution in [-0.4, -0.2) is 29.2 Å². The quantitative estimate of drug-likeness (QED) is 0.0832. The first kappa shape index (κ1) is 18.6. The Labute approximate surface area is 252 Å². The van der Waals surface area contributed by atoms with E-state index in [1.165, 1.54) is 30.6 Å². The lowest BCUT2D eigenvalue weighted by molar-refractivity contribution is -0.160. The van der Waals surface area contributed by atoms with E-state index in [1.807, 2.05) is 5.32 Å². The average Bonchev–Trinajstić information content (AvgIpc) is 3.51. The molecule has 3 aromatic carbocycles. The highest BCUT2D eigenvalue weighted by Gasteiger charge is 2.11. The molecule has 0 saturated heterocycles. The summed E-state index contributed by atoms with van der Waals surface area (Å²) in [6.07, 6.45) is 1.37. The maximum absolute atomic E-state index is 13.5. The van der Waals surface area contributed by atoms with Crippen molar-refractivity contribution in [2.45, 2.75) is 13.1 Å². The molecule has 0 aliphatic carbocycles. The normalized spacial score (nSPS) is 15.9. The van der Waals surface area contributed by atoms with Crippen LogP contribution in [0.2, 0.25) is 5.02 Å². The van der Waals surface area contributed by atoms with Gasteiger partial charge in [0.25, 0.3) is 0 Å². The number of rotatable bonds is 13. The van der Waals surface area contributed by atoms with Gasteiger partial charge in [-0.1, -0.05) is 23.7 Å². The smallest absolute Gasteiger partial charge is 0.141 e. The van der Waals surface area contributed by atoms with E-state index in [9.17, 15) is 4.39 Å². The zero-order chi connectivity index (χ0) is 35.6. The predicted molar refractivity (Wildman–Crippen MR) is 155 cm³/mol. The summed E-state index contributed by atoms with van der Waals surface area (Å²) in [6.45, 7) is -5.72. The first-order chi connectivity index (χ1) is 22.9. The standard InChI is InChI=1S/C29H26ClFN4O4S/c1-36-39-40-12-11-32-16-23-7-10-27(38-23)20-5-8-26-24(14-20)29(34-18-33-26)35-22-6-9-28(25(30)15-22)37-17-19-3-2-4-21(31)13-19/h2-10,13-15,18,32H,11-12,16-17H2,1H3,(H,33,34,35)/i1D3,11D2,12D2,16D2. The first-order valence-corrected chi connectivity index (χ1v) is 12.7. The highest BCUT2D eigenvalue weighted by Crippen LogP contribution is 2.32. The summed E-state index contributed by atoms with van der Waals surface area (Å²) in [5.74, 6) is 0.273. The SMILES string of the molecule is [2H]C([2H])([2H])OOSC([2H])([2H])C([2H])([2H])NC([2H])([2H])c1ccc(-c2ccc3ncnc(Nc4ccc(OCc5cccc(F)c5)c(Cl)c4)c3c2)o1. The highest BCUT2D eigenvalue weighted by molar-refractivity contribution is 7.94. The number of nitrogens with zero attached hydrogens (tertiary/aromatic N) is 2. The molecule has 2 N–H and O–H groups in total. The van der Waals surface area contributed by atoms with Crippen LogP contribution in [-0.2, 0) is 22.3 Å². The number of nitrogens with one attached hydrogen (secondary N) is 2. The topological polar surface area (TPSA) is 90.7 Å². The van der Waals surface area contributed by atoms with E-state index >= 15 is 0 Å². The van der Waals surface area contributed by atoms with Gasteiger partial charge in [-0.3, -0.25) is 0 Å². The van der Waals surface area contributed by atoms with E-state index in [1.54, 1.807) is 48.5 Å². The third-order valence-electron chi connectivity index (χ3n) is 5.41. The third kappa shape index (κ3) is 7.29. The molecule has 8 nitrogen and oxygen atoms in total. The number of hydrogen-bond acceptors (Lipinski definition) is 9. The van der Waals surface area contributed by atoms with Crippen molar-refractivity contribution in [3.63, 3.8) is 0 Å². The van der Waals surface area contributed by atoms with Crippen LogP contribution in [0.25, 0.3) is 22.2 Å². The molecule has 0 spiro atoms. The van der Waals surface area contributed by atoms with Gasteiger partial charge in [-0.15, -0.1) is 0 Å². The Bertz CT molecular complexity index is 1950. The average molecular weight is 590 g/mol. The predicted octanol–water partition coefficient (Wildman–Crippen LogP) is 7.32. The van der Waals surface area contributed by atoms with Crippen LogP contribution in [0.5, 0.6) is 5.75 Å². The van der Waals surface area contributed by atoms with E-state index < -0.39 is 25.7 Å². The molecule has 5 rings (SSSR count). The van der Waals surface area contributed by atoms with E-state index in [4.69, 9.17) is 33.1 Å². The second-order valence-electron chi connectivity index (χ2n) is 8.02. The summed E-state index contributed by atoms with van der Waals surface area (Å²) in [7, 11) is -3.02. The molecular formula is C29H26ClFN4O4S. The van der Waals surface area contributed by atoms with Gasteiger partial charge in [0.15, 0.2) is 0 Å². The molecule has 0 fully saturated rings. The van der Waals surface area contributed by atoms with Crippen molar-refractivity contribution in [1.82, 2.24) is 15.3 Å². The van der Waals surface area contributed by atoms with Crippen LogP contribution < -0.4 is 15.4 Å². The maximum atomic E-state index is 13.5. The molecule has 0 bridgehead atoms. The molecule has 40 heavy (non-hydrogen) atoms. The number of hydrogen-bond donors (Lipinski definition) is 2. The van der Waals surface area contributed by atoms with E-state index in [0.717, 1.165) is 0 Å². The fraction of sp³-hybridized carbons (Fsp3) is 0.172. The molecule has 0 aliphatic rings. The van der Waals surface area contributed by atoms with Crippen LogP contribution in [0.4, 0.5) is 15.9 Å². The van der Waals surface area contributed by atoms with Crippen molar-refractivity contribution in [3.05, 3.63) is 101 Å². The monoisotopic (exact) mass is 589 g/mol. The van der Waals surface area contributed by atoms with Gasteiger partial charge in [-0.05, 0) is 66.2 Å². The van der Waals surface area contributed by atoms with Crippen molar-refractivity contribution in [2.24, 2.45) is 0 Å². The molecule has 0 amide bonds. The fourth-order valence-corrected chi connectivity index (χ4v) is 4.06. The summed E-state index contributed by atoms with van der Waals surface area (Å²) in [4.78, 5) is 12.7. The van der Waals surface area contributed by atoms with Crippen molar-refractivity contribution in [1.29, 1.82) is 0 Å². The Morgan fingerprint density at radius 3 is 2.92 bits per heavy atom. The second-order valence-corrected chi connectivity index (χ2v) is 8.93. The minimum Gasteiger partial charge on any atom is -0.487 e. The van der Waals surface area contributed by atoms with Crippen molar-refractivity contribution in [2.75, 3.05) is 24.6 Å². The molecule has 0 aliphatic heterocycles. The molecule has 0 atom stereocenters. The molecule has 206 valence electrons. The maximum Gasteiger partial charge on any atom is 0.141 e. The molecule has 0 saturated carbocycles. The summed E-state index contributed by atoms with van der Waals surface area (Å²) in [6, 6.07) is 18.9. The van der Waals surface area contributed by atoms with Gasteiger partial charge in [0.1, 0.15) is 41.8 Å². The number of benzene rings is 3. The zero-order valence-corrected chi connectivity index (χ0v) is 22.0. The zero-order valence-electron chi connectivity index (χ0n) is 29.4. The van der Waals surface area contributed by atoms with Gasteiger partial charge in [0, 0.05) is 46.4 Å². The van der Waals surface area contributed by atoms with Gasteiger partial charge in [-0.25, -0.2) is 19.2 Å². The van der Waals surface area contributed by atoms with Gasteiger partial charge < -0.3 is 19.8 Å². The number of halogens is 2. The number of aromatic nitrogens is 2. The van der Waals surface area contributed by atoms with Gasteiger partial charge in [-0.2, -0.15) is 4.33 Å². The molecule has 0 radical (unpaired) electrons. The number of furan rings is 1. The van der Waals surface area contributed by atoms with Gasteiger partial charge in [0.05, 0.1) is 30.9 Å². The number of anilines is 2. The van der Waals surface area contributed by atoms with Crippen LogP contribution >= 0.6 is 23.6 Å². The molecule has 0 unspecified atom stereocenters. The second kappa shape index (κ2) is 13.6. The highest BCUT2D eigenvalue weighted by atomic mass is 35.5. The van der Waals surface area contributed by atoms with Gasteiger partial charge in [0.2, 0.25) is 0 Å². The van der Waals surface area contributed by atoms with Crippen LogP contribution in [0.15, 0.2) is 83.5 Å². The largest absolute Gasteiger partial charge is 0.487 e. The number of fused-ring (bicyclic) bond motifs is 1. The van der Waals surface area contributed by atoms with Crippen LogP contribution in [0.3, 0.4) is 0 Å². The minimum atomic E-state index is -3.11. The molecule has 2 aromatic heterocycles. The Balaban J connectivity index is 1.31. The summed E-state index contributed by atoms with van der Waals surface area (Å²) in [5, 5.41) is 6.00. The van der Waals surface area contributed by atoms with Crippen molar-refractivity contribution in [3.8, 4) is 17.1 Å². The fourth-order valence-electron chi connectivity index (χ4n) is 3.66. The lowest BCUT2D eigenvalue weighted by atomic mass is 10.1.